The molecule has 3 rings (SSSR count). The number of methoxy groups -OCH3 is 1. The van der Waals surface area contributed by atoms with Crippen molar-refractivity contribution in [2.75, 3.05) is 13.7 Å². The Balaban J connectivity index is 1.92. The van der Waals surface area contributed by atoms with E-state index < -0.39 is 0 Å². The van der Waals surface area contributed by atoms with Gasteiger partial charge in [0, 0.05) is 6.54 Å². The first-order chi connectivity index (χ1) is 11.7. The Morgan fingerprint density at radius 1 is 1.25 bits per heavy atom. The number of amides is 1. The highest BCUT2D eigenvalue weighted by molar-refractivity contribution is 8.18. The predicted octanol–water partition coefficient (Wildman–Crippen LogP) is 4.40. The molecular formula is C19H20N2O2S. The lowest BCUT2D eigenvalue weighted by Gasteiger charge is -2.14. The summed E-state index contributed by atoms with van der Waals surface area (Å²) in [7, 11) is 1.65. The Morgan fingerprint density at radius 2 is 2.04 bits per heavy atom. The summed E-state index contributed by atoms with van der Waals surface area (Å²) in [5.74, 6) is 0.879. The van der Waals surface area contributed by atoms with Gasteiger partial charge in [0.2, 0.25) is 0 Å². The summed E-state index contributed by atoms with van der Waals surface area (Å²) in [4.78, 5) is 20.0. The van der Waals surface area contributed by atoms with Gasteiger partial charge in [-0.1, -0.05) is 31.2 Å². The van der Waals surface area contributed by atoms with Gasteiger partial charge in [-0.2, -0.15) is 0 Å². The number of para-hydroxylation sites is 1. The number of amidine groups is 1. The van der Waals surface area contributed by atoms with Crippen molar-refractivity contribution in [1.82, 2.24) is 4.90 Å². The van der Waals surface area contributed by atoms with E-state index in [1.54, 1.807) is 12.0 Å². The molecule has 2 aliphatic rings. The second kappa shape index (κ2) is 7.53. The van der Waals surface area contributed by atoms with Crippen LogP contribution in [0.1, 0.15) is 19.8 Å². The highest BCUT2D eigenvalue weighted by atomic mass is 32.2. The lowest BCUT2D eigenvalue weighted by atomic mass is 10.1. The Bertz CT molecular complexity index is 748. The molecule has 0 N–H and O–H groups in total. The number of nitrogens with zero attached hydrogens (tertiary/aromatic N) is 2. The highest BCUT2D eigenvalue weighted by Crippen LogP contribution is 2.37. The quantitative estimate of drug-likeness (QED) is 0.763. The zero-order chi connectivity index (χ0) is 16.9. The maximum absolute atomic E-state index is 12.8. The molecule has 1 aliphatic heterocycles. The van der Waals surface area contributed by atoms with Crippen molar-refractivity contribution in [2.45, 2.75) is 19.8 Å². The molecule has 0 bridgehead atoms. The molecule has 1 aromatic carbocycles. The zero-order valence-electron chi connectivity index (χ0n) is 13.9. The Kier molecular flexibility index (Phi) is 5.20. The molecule has 0 spiro atoms. The summed E-state index contributed by atoms with van der Waals surface area (Å²) in [6.45, 7) is 2.74. The molecule has 24 heavy (non-hydrogen) atoms. The van der Waals surface area contributed by atoms with Crippen LogP contribution in [0.15, 0.2) is 69.8 Å². The molecule has 5 heteroatoms. The zero-order valence-corrected chi connectivity index (χ0v) is 14.7. The summed E-state index contributed by atoms with van der Waals surface area (Å²) in [5, 5.41) is 0.755. The van der Waals surface area contributed by atoms with E-state index in [-0.39, 0.29) is 5.91 Å². The van der Waals surface area contributed by atoms with Crippen LogP contribution in [-0.4, -0.2) is 29.6 Å². The fraction of sp³-hybridized carbons (Fsp3) is 0.263. The first kappa shape index (κ1) is 16.6. The van der Waals surface area contributed by atoms with Crippen molar-refractivity contribution in [3.05, 3.63) is 64.8 Å². The van der Waals surface area contributed by atoms with Crippen LogP contribution in [0.5, 0.6) is 0 Å². The molecule has 0 unspecified atom stereocenters. The standard InChI is InChI=1S/C19H20N2O2S/c1-3-13-21-18(22)17(14-9-11-16(23-2)12-10-14)24-19(21)20-15-7-5-4-6-8-15/h4-9,11-12H,3,10,13H2,1-2H3/b17-14-,20-19?. The number of aliphatic imine (C=N–C) groups is 1. The second-order valence-electron chi connectivity index (χ2n) is 5.49. The van der Waals surface area contributed by atoms with Crippen LogP contribution in [0.4, 0.5) is 5.69 Å². The number of carbonyl (C=O) groups excluding carboxylic acids is 1. The monoisotopic (exact) mass is 340 g/mol. The van der Waals surface area contributed by atoms with Gasteiger partial charge in [-0.25, -0.2) is 4.99 Å². The minimum absolute atomic E-state index is 0.0467. The molecule has 1 amide bonds. The third-order valence-electron chi connectivity index (χ3n) is 3.79. The van der Waals surface area contributed by atoms with E-state index in [9.17, 15) is 4.79 Å². The van der Waals surface area contributed by atoms with Crippen molar-refractivity contribution in [1.29, 1.82) is 0 Å². The third kappa shape index (κ3) is 3.46. The number of carbonyl (C=O) groups is 1. The minimum Gasteiger partial charge on any atom is -0.497 e. The van der Waals surface area contributed by atoms with E-state index in [1.807, 2.05) is 48.6 Å². The summed E-state index contributed by atoms with van der Waals surface area (Å²) < 4.78 is 5.21. The lowest BCUT2D eigenvalue weighted by molar-refractivity contribution is -0.122. The van der Waals surface area contributed by atoms with Gasteiger partial charge in [-0.3, -0.25) is 9.69 Å². The van der Waals surface area contributed by atoms with Crippen LogP contribution in [-0.2, 0) is 9.53 Å². The maximum atomic E-state index is 12.8. The van der Waals surface area contributed by atoms with Gasteiger partial charge < -0.3 is 4.74 Å². The molecule has 1 saturated heterocycles. The van der Waals surface area contributed by atoms with Crippen LogP contribution < -0.4 is 0 Å². The van der Waals surface area contributed by atoms with Gasteiger partial charge in [-0.05, 0) is 54.5 Å². The fourth-order valence-corrected chi connectivity index (χ4v) is 3.67. The largest absolute Gasteiger partial charge is 0.497 e. The summed E-state index contributed by atoms with van der Waals surface area (Å²) in [5.41, 5.74) is 1.88. The minimum atomic E-state index is 0.0467. The summed E-state index contributed by atoms with van der Waals surface area (Å²) >= 11 is 1.46. The summed E-state index contributed by atoms with van der Waals surface area (Å²) in [6.07, 6.45) is 7.45. The smallest absolute Gasteiger partial charge is 0.267 e. The van der Waals surface area contributed by atoms with E-state index in [4.69, 9.17) is 4.74 Å². The molecule has 1 heterocycles. The van der Waals surface area contributed by atoms with Gasteiger partial charge >= 0.3 is 0 Å². The van der Waals surface area contributed by atoms with Crippen LogP contribution in [0.25, 0.3) is 0 Å². The van der Waals surface area contributed by atoms with Crippen molar-refractivity contribution >= 4 is 28.5 Å². The molecule has 124 valence electrons. The van der Waals surface area contributed by atoms with E-state index in [0.717, 1.165) is 33.5 Å². The lowest BCUT2D eigenvalue weighted by Crippen LogP contribution is -2.29. The fourth-order valence-electron chi connectivity index (χ4n) is 2.57. The van der Waals surface area contributed by atoms with Crippen LogP contribution in [0.3, 0.4) is 0 Å². The average Bonchev–Trinajstić information content (AvgIpc) is 2.92. The number of rotatable bonds is 4. The molecule has 1 aliphatic carbocycles. The van der Waals surface area contributed by atoms with E-state index in [2.05, 4.69) is 11.9 Å². The maximum Gasteiger partial charge on any atom is 0.267 e. The van der Waals surface area contributed by atoms with Gasteiger partial charge in [-0.15, -0.1) is 0 Å². The first-order valence-corrected chi connectivity index (χ1v) is 8.83. The number of thioether (sulfide) groups is 1. The highest BCUT2D eigenvalue weighted by Gasteiger charge is 2.34. The number of hydrogen-bond donors (Lipinski definition) is 0. The average molecular weight is 340 g/mol. The number of ether oxygens (including phenoxy) is 1. The summed E-state index contributed by atoms with van der Waals surface area (Å²) in [6, 6.07) is 9.75. The van der Waals surface area contributed by atoms with Crippen molar-refractivity contribution in [3.8, 4) is 0 Å². The molecular weight excluding hydrogens is 320 g/mol. The van der Waals surface area contributed by atoms with E-state index in [0.29, 0.717) is 13.0 Å². The Labute approximate surface area is 146 Å². The van der Waals surface area contributed by atoms with E-state index in [1.165, 1.54) is 11.8 Å². The molecule has 1 aromatic rings. The van der Waals surface area contributed by atoms with Crippen molar-refractivity contribution in [2.24, 2.45) is 4.99 Å². The molecule has 1 fully saturated rings. The third-order valence-corrected chi connectivity index (χ3v) is 4.93. The molecule has 0 saturated carbocycles. The van der Waals surface area contributed by atoms with Crippen LogP contribution in [0, 0.1) is 0 Å². The Hall–Kier alpha value is -2.27. The van der Waals surface area contributed by atoms with Gasteiger partial charge in [0.25, 0.3) is 5.91 Å². The normalized spacial score (nSPS) is 22.2. The van der Waals surface area contributed by atoms with Crippen molar-refractivity contribution in [3.63, 3.8) is 0 Å². The number of benzene rings is 1. The van der Waals surface area contributed by atoms with Gasteiger partial charge in [0.1, 0.15) is 5.76 Å². The van der Waals surface area contributed by atoms with Crippen LogP contribution >= 0.6 is 11.8 Å². The van der Waals surface area contributed by atoms with Crippen molar-refractivity contribution < 1.29 is 9.53 Å². The number of hydrogen-bond acceptors (Lipinski definition) is 4. The van der Waals surface area contributed by atoms with Crippen LogP contribution in [0.2, 0.25) is 0 Å². The Morgan fingerprint density at radius 3 is 2.67 bits per heavy atom. The predicted molar refractivity (Wildman–Crippen MR) is 99.0 cm³/mol. The van der Waals surface area contributed by atoms with Gasteiger partial charge in [0.15, 0.2) is 5.17 Å². The van der Waals surface area contributed by atoms with E-state index >= 15 is 0 Å². The molecule has 0 aromatic heterocycles. The second-order valence-corrected chi connectivity index (χ2v) is 6.47. The molecule has 0 radical (unpaired) electrons. The molecule has 0 atom stereocenters. The van der Waals surface area contributed by atoms with Gasteiger partial charge in [0.05, 0.1) is 17.7 Å². The first-order valence-electron chi connectivity index (χ1n) is 8.01. The SMILES string of the molecule is CCCN1C(=O)/C(=C2\C=CC(OC)=CC2)SC1=Nc1ccccc1. The molecule has 4 nitrogen and oxygen atoms in total. The number of allylic oxidation sites excluding steroid dienone is 4. The topological polar surface area (TPSA) is 41.9 Å².